The van der Waals surface area contributed by atoms with E-state index in [-0.39, 0.29) is 0 Å². The molecule has 1 N–H and O–H groups in total. The SMILES string of the molecule is CC(C)N(Cc1ccccc1)CC1(C(=O)O)CCCCC1. The van der Waals surface area contributed by atoms with Crippen LogP contribution in [0.2, 0.25) is 0 Å². The number of carbonyl (C=O) groups is 1. The first-order chi connectivity index (χ1) is 10.0. The van der Waals surface area contributed by atoms with E-state index in [0.717, 1.165) is 32.2 Å². The number of aliphatic carboxylic acids is 1. The highest BCUT2D eigenvalue weighted by Gasteiger charge is 2.41. The van der Waals surface area contributed by atoms with Crippen LogP contribution in [-0.4, -0.2) is 28.6 Å². The Morgan fingerprint density at radius 3 is 2.33 bits per heavy atom. The fourth-order valence-electron chi connectivity index (χ4n) is 3.30. The predicted octanol–water partition coefficient (Wildman–Crippen LogP) is 3.93. The van der Waals surface area contributed by atoms with E-state index >= 15 is 0 Å². The molecule has 0 heterocycles. The molecule has 0 spiro atoms. The Kier molecular flexibility index (Phi) is 5.40. The average Bonchev–Trinajstić information content (AvgIpc) is 2.48. The summed E-state index contributed by atoms with van der Waals surface area (Å²) in [5.41, 5.74) is 0.708. The minimum Gasteiger partial charge on any atom is -0.481 e. The second-order valence-corrected chi connectivity index (χ2v) is 6.63. The van der Waals surface area contributed by atoms with E-state index in [1.165, 1.54) is 12.0 Å². The summed E-state index contributed by atoms with van der Waals surface area (Å²) in [5, 5.41) is 9.76. The Balaban J connectivity index is 2.12. The summed E-state index contributed by atoms with van der Waals surface area (Å²) in [6.45, 7) is 5.80. The van der Waals surface area contributed by atoms with Crippen molar-refractivity contribution in [1.82, 2.24) is 4.90 Å². The van der Waals surface area contributed by atoms with Crippen molar-refractivity contribution in [3.05, 3.63) is 35.9 Å². The third-order valence-corrected chi connectivity index (χ3v) is 4.73. The van der Waals surface area contributed by atoms with Crippen LogP contribution in [0.1, 0.15) is 51.5 Å². The molecule has 0 bridgehead atoms. The third kappa shape index (κ3) is 4.07. The molecule has 0 amide bonds. The van der Waals surface area contributed by atoms with E-state index < -0.39 is 11.4 Å². The first kappa shape index (κ1) is 16.0. The molecule has 116 valence electrons. The van der Waals surface area contributed by atoms with Crippen molar-refractivity contribution < 1.29 is 9.90 Å². The minimum absolute atomic E-state index is 0.350. The molecule has 0 saturated heterocycles. The average molecular weight is 289 g/mol. The maximum absolute atomic E-state index is 11.9. The minimum atomic E-state index is -0.610. The molecule has 0 atom stereocenters. The van der Waals surface area contributed by atoms with Crippen LogP contribution in [-0.2, 0) is 11.3 Å². The highest BCUT2D eigenvalue weighted by Crippen LogP contribution is 2.38. The second-order valence-electron chi connectivity index (χ2n) is 6.63. The Hall–Kier alpha value is -1.35. The lowest BCUT2D eigenvalue weighted by atomic mass is 9.73. The van der Waals surface area contributed by atoms with Crippen LogP contribution in [0.25, 0.3) is 0 Å². The van der Waals surface area contributed by atoms with Gasteiger partial charge in [0.1, 0.15) is 0 Å². The molecule has 1 aliphatic rings. The fraction of sp³-hybridized carbons (Fsp3) is 0.611. The summed E-state index contributed by atoms with van der Waals surface area (Å²) in [4.78, 5) is 14.2. The molecule has 1 aliphatic carbocycles. The summed E-state index contributed by atoms with van der Waals surface area (Å²) >= 11 is 0. The van der Waals surface area contributed by atoms with Gasteiger partial charge in [0.15, 0.2) is 0 Å². The van der Waals surface area contributed by atoms with E-state index in [2.05, 4.69) is 30.9 Å². The van der Waals surface area contributed by atoms with Gasteiger partial charge in [-0.05, 0) is 32.3 Å². The molecule has 21 heavy (non-hydrogen) atoms. The maximum Gasteiger partial charge on any atom is 0.310 e. The van der Waals surface area contributed by atoms with E-state index in [1.54, 1.807) is 0 Å². The van der Waals surface area contributed by atoms with Gasteiger partial charge < -0.3 is 5.11 Å². The van der Waals surface area contributed by atoms with Gasteiger partial charge >= 0.3 is 5.97 Å². The van der Waals surface area contributed by atoms with Gasteiger partial charge in [-0.15, -0.1) is 0 Å². The molecular weight excluding hydrogens is 262 g/mol. The van der Waals surface area contributed by atoms with Crippen molar-refractivity contribution >= 4 is 5.97 Å². The predicted molar refractivity (Wildman–Crippen MR) is 85.1 cm³/mol. The zero-order valence-corrected chi connectivity index (χ0v) is 13.2. The smallest absolute Gasteiger partial charge is 0.310 e. The van der Waals surface area contributed by atoms with Gasteiger partial charge in [-0.25, -0.2) is 0 Å². The van der Waals surface area contributed by atoms with Crippen molar-refractivity contribution in [2.75, 3.05) is 6.54 Å². The molecule has 3 heteroatoms. The lowest BCUT2D eigenvalue weighted by Crippen LogP contribution is -2.46. The molecule has 3 nitrogen and oxygen atoms in total. The Bertz CT molecular complexity index is 450. The van der Waals surface area contributed by atoms with E-state index in [9.17, 15) is 9.90 Å². The van der Waals surface area contributed by atoms with Crippen molar-refractivity contribution in [3.8, 4) is 0 Å². The Labute approximate surface area is 128 Å². The maximum atomic E-state index is 11.9. The monoisotopic (exact) mass is 289 g/mol. The standard InChI is InChI=1S/C18H27NO2/c1-15(2)19(13-16-9-5-3-6-10-16)14-18(17(20)21)11-7-4-8-12-18/h3,5-6,9-10,15H,4,7-8,11-14H2,1-2H3,(H,20,21). The molecule has 1 aromatic carbocycles. The van der Waals surface area contributed by atoms with Crippen LogP contribution in [0, 0.1) is 5.41 Å². The summed E-state index contributed by atoms with van der Waals surface area (Å²) in [7, 11) is 0. The topological polar surface area (TPSA) is 40.5 Å². The van der Waals surface area contributed by atoms with Crippen LogP contribution >= 0.6 is 0 Å². The zero-order valence-electron chi connectivity index (χ0n) is 13.2. The number of rotatable bonds is 6. The number of nitrogens with zero attached hydrogens (tertiary/aromatic N) is 1. The van der Waals surface area contributed by atoms with Crippen LogP contribution in [0.3, 0.4) is 0 Å². The molecular formula is C18H27NO2. The number of carboxylic acids is 1. The summed E-state index contributed by atoms with van der Waals surface area (Å²) in [6.07, 6.45) is 4.91. The summed E-state index contributed by atoms with van der Waals surface area (Å²) < 4.78 is 0. The molecule has 2 rings (SSSR count). The number of benzene rings is 1. The van der Waals surface area contributed by atoms with Gasteiger partial charge in [-0.3, -0.25) is 9.69 Å². The van der Waals surface area contributed by atoms with Crippen LogP contribution in [0.15, 0.2) is 30.3 Å². The summed E-state index contributed by atoms with van der Waals surface area (Å²) in [6, 6.07) is 10.7. The van der Waals surface area contributed by atoms with Gasteiger partial charge in [0.05, 0.1) is 5.41 Å². The normalized spacial score (nSPS) is 18.1. The van der Waals surface area contributed by atoms with Crippen LogP contribution in [0.4, 0.5) is 0 Å². The van der Waals surface area contributed by atoms with Crippen molar-refractivity contribution in [3.63, 3.8) is 0 Å². The van der Waals surface area contributed by atoms with Crippen molar-refractivity contribution in [2.45, 2.75) is 58.5 Å². The van der Waals surface area contributed by atoms with Crippen LogP contribution in [0.5, 0.6) is 0 Å². The van der Waals surface area contributed by atoms with Crippen molar-refractivity contribution in [2.24, 2.45) is 5.41 Å². The van der Waals surface area contributed by atoms with Crippen molar-refractivity contribution in [1.29, 1.82) is 0 Å². The third-order valence-electron chi connectivity index (χ3n) is 4.73. The first-order valence-electron chi connectivity index (χ1n) is 8.05. The van der Waals surface area contributed by atoms with Gasteiger partial charge in [0.25, 0.3) is 0 Å². The largest absolute Gasteiger partial charge is 0.481 e. The molecule has 0 radical (unpaired) electrons. The number of carboxylic acid groups (broad SMARTS) is 1. The highest BCUT2D eigenvalue weighted by atomic mass is 16.4. The highest BCUT2D eigenvalue weighted by molar-refractivity contribution is 5.75. The number of hydrogen-bond acceptors (Lipinski definition) is 2. The molecule has 1 aromatic rings. The zero-order chi connectivity index (χ0) is 15.3. The lowest BCUT2D eigenvalue weighted by molar-refractivity contribution is -0.153. The Morgan fingerprint density at radius 2 is 1.81 bits per heavy atom. The quantitative estimate of drug-likeness (QED) is 0.862. The lowest BCUT2D eigenvalue weighted by Gasteiger charge is -2.39. The van der Waals surface area contributed by atoms with E-state index in [4.69, 9.17) is 0 Å². The van der Waals surface area contributed by atoms with Crippen LogP contribution < -0.4 is 0 Å². The van der Waals surface area contributed by atoms with Gasteiger partial charge in [-0.1, -0.05) is 49.6 Å². The molecule has 0 unspecified atom stereocenters. The van der Waals surface area contributed by atoms with E-state index in [1.807, 2.05) is 18.2 Å². The van der Waals surface area contributed by atoms with Gasteiger partial charge in [0, 0.05) is 19.1 Å². The van der Waals surface area contributed by atoms with Gasteiger partial charge in [0.2, 0.25) is 0 Å². The molecule has 0 aromatic heterocycles. The number of hydrogen-bond donors (Lipinski definition) is 1. The van der Waals surface area contributed by atoms with E-state index in [0.29, 0.717) is 12.6 Å². The Morgan fingerprint density at radius 1 is 1.19 bits per heavy atom. The fourth-order valence-corrected chi connectivity index (χ4v) is 3.30. The summed E-state index contributed by atoms with van der Waals surface area (Å²) in [5.74, 6) is -0.610. The molecule has 1 saturated carbocycles. The molecule has 1 fully saturated rings. The van der Waals surface area contributed by atoms with Gasteiger partial charge in [-0.2, -0.15) is 0 Å². The second kappa shape index (κ2) is 7.08. The molecule has 0 aliphatic heterocycles. The first-order valence-corrected chi connectivity index (χ1v) is 8.05.